The van der Waals surface area contributed by atoms with E-state index in [1.54, 1.807) is 29.1 Å². The Bertz CT molecular complexity index is 661. The summed E-state index contributed by atoms with van der Waals surface area (Å²) < 4.78 is 15.9. The predicted octanol–water partition coefficient (Wildman–Crippen LogP) is 2.65. The summed E-state index contributed by atoms with van der Waals surface area (Å²) in [6.45, 7) is -0.0807. The molecule has 1 aliphatic rings. The van der Waals surface area contributed by atoms with Gasteiger partial charge in [0.05, 0.1) is 17.8 Å². The minimum Gasteiger partial charge on any atom is -0.394 e. The summed E-state index contributed by atoms with van der Waals surface area (Å²) in [6.07, 6.45) is 7.00. The molecule has 2 aromatic rings. The van der Waals surface area contributed by atoms with Gasteiger partial charge in [0, 0.05) is 18.0 Å². The zero-order valence-electron chi connectivity index (χ0n) is 12.3. The van der Waals surface area contributed by atoms with Crippen molar-refractivity contribution in [3.63, 3.8) is 0 Å². The molecule has 3 rings (SSSR count). The second kappa shape index (κ2) is 5.93. The van der Waals surface area contributed by atoms with Gasteiger partial charge < -0.3 is 15.0 Å². The van der Waals surface area contributed by atoms with Gasteiger partial charge in [-0.3, -0.25) is 4.79 Å². The molecule has 22 heavy (non-hydrogen) atoms. The van der Waals surface area contributed by atoms with Gasteiger partial charge in [-0.2, -0.15) is 0 Å². The van der Waals surface area contributed by atoms with Crippen LogP contribution in [0.3, 0.4) is 0 Å². The Balaban J connectivity index is 1.80. The van der Waals surface area contributed by atoms with E-state index in [2.05, 4.69) is 5.32 Å². The van der Waals surface area contributed by atoms with E-state index in [0.29, 0.717) is 5.69 Å². The van der Waals surface area contributed by atoms with Crippen molar-refractivity contribution in [1.29, 1.82) is 0 Å². The number of hydrogen-bond donors (Lipinski definition) is 2. The van der Waals surface area contributed by atoms with Gasteiger partial charge in [0.15, 0.2) is 0 Å². The Morgan fingerprint density at radius 2 is 1.95 bits per heavy atom. The molecule has 1 amide bonds. The molecule has 1 fully saturated rings. The molecule has 116 valence electrons. The zero-order chi connectivity index (χ0) is 15.6. The van der Waals surface area contributed by atoms with Crippen LogP contribution in [-0.2, 0) is 0 Å². The molecule has 1 heterocycles. The smallest absolute Gasteiger partial charge is 0.251 e. The number of nitrogens with zero attached hydrogens (tertiary/aromatic N) is 1. The van der Waals surface area contributed by atoms with Crippen molar-refractivity contribution in [3.05, 3.63) is 54.1 Å². The van der Waals surface area contributed by atoms with E-state index < -0.39 is 11.4 Å². The van der Waals surface area contributed by atoms with Crippen LogP contribution in [0.4, 0.5) is 4.39 Å². The van der Waals surface area contributed by atoms with E-state index >= 15 is 0 Å². The van der Waals surface area contributed by atoms with Crippen molar-refractivity contribution < 1.29 is 14.3 Å². The number of aliphatic hydroxyl groups is 1. The maximum Gasteiger partial charge on any atom is 0.251 e. The highest BCUT2D eigenvalue weighted by Gasteiger charge is 2.34. The van der Waals surface area contributed by atoms with E-state index in [1.807, 2.05) is 12.1 Å². The first kappa shape index (κ1) is 14.8. The summed E-state index contributed by atoms with van der Waals surface area (Å²) in [5, 5.41) is 12.4. The zero-order valence-corrected chi connectivity index (χ0v) is 12.3. The molecule has 1 saturated carbocycles. The molecule has 0 bridgehead atoms. The van der Waals surface area contributed by atoms with Gasteiger partial charge in [0.2, 0.25) is 0 Å². The van der Waals surface area contributed by atoms with Crippen molar-refractivity contribution in [2.24, 2.45) is 0 Å². The minimum absolute atomic E-state index is 0.0807. The quantitative estimate of drug-likeness (QED) is 0.912. The summed E-state index contributed by atoms with van der Waals surface area (Å²) in [5.41, 5.74) is 0.125. The minimum atomic E-state index is -0.549. The van der Waals surface area contributed by atoms with Crippen molar-refractivity contribution in [2.75, 3.05) is 6.61 Å². The molecule has 2 N–H and O–H groups in total. The van der Waals surface area contributed by atoms with Gasteiger partial charge in [-0.1, -0.05) is 12.8 Å². The molecule has 1 aromatic carbocycles. The maximum atomic E-state index is 14.2. The number of halogens is 1. The summed E-state index contributed by atoms with van der Waals surface area (Å²) in [6, 6.07) is 8.05. The number of carbonyl (C=O) groups is 1. The SMILES string of the molecule is O=C(NC1(CO)CCCC1)c1ccc(-n2cccc2)c(F)c1. The normalized spacial score (nSPS) is 16.6. The van der Waals surface area contributed by atoms with Gasteiger partial charge >= 0.3 is 0 Å². The summed E-state index contributed by atoms with van der Waals surface area (Å²) in [5.74, 6) is -0.790. The molecule has 4 nitrogen and oxygen atoms in total. The lowest BCUT2D eigenvalue weighted by molar-refractivity contribution is 0.0838. The van der Waals surface area contributed by atoms with E-state index in [0.717, 1.165) is 25.7 Å². The van der Waals surface area contributed by atoms with Gasteiger partial charge in [0.25, 0.3) is 5.91 Å². The molecular weight excluding hydrogens is 283 g/mol. The largest absolute Gasteiger partial charge is 0.394 e. The summed E-state index contributed by atoms with van der Waals surface area (Å²) in [7, 11) is 0. The summed E-state index contributed by atoms with van der Waals surface area (Å²) >= 11 is 0. The van der Waals surface area contributed by atoms with Crippen LogP contribution < -0.4 is 5.32 Å². The van der Waals surface area contributed by atoms with Crippen LogP contribution in [-0.4, -0.2) is 27.7 Å². The number of benzene rings is 1. The number of hydrogen-bond acceptors (Lipinski definition) is 2. The molecule has 0 radical (unpaired) electrons. The van der Waals surface area contributed by atoms with Crippen molar-refractivity contribution in [3.8, 4) is 5.69 Å². The van der Waals surface area contributed by atoms with Crippen molar-refractivity contribution in [2.45, 2.75) is 31.2 Å². The second-order valence-corrected chi connectivity index (χ2v) is 5.86. The van der Waals surface area contributed by atoms with Crippen LogP contribution >= 0.6 is 0 Å². The van der Waals surface area contributed by atoms with E-state index in [9.17, 15) is 14.3 Å². The number of aromatic nitrogens is 1. The number of carbonyl (C=O) groups excluding carboxylic acids is 1. The molecule has 1 aliphatic carbocycles. The summed E-state index contributed by atoms with van der Waals surface area (Å²) in [4.78, 5) is 12.3. The molecule has 0 unspecified atom stereocenters. The highest BCUT2D eigenvalue weighted by Crippen LogP contribution is 2.29. The second-order valence-electron chi connectivity index (χ2n) is 5.86. The van der Waals surface area contributed by atoms with Gasteiger partial charge in [-0.05, 0) is 43.2 Å². The van der Waals surface area contributed by atoms with Crippen LogP contribution in [0.1, 0.15) is 36.0 Å². The Labute approximate surface area is 128 Å². The third kappa shape index (κ3) is 2.76. The Kier molecular flexibility index (Phi) is 3.98. The number of rotatable bonds is 4. The fourth-order valence-electron chi connectivity index (χ4n) is 3.04. The Morgan fingerprint density at radius 1 is 1.27 bits per heavy atom. The molecule has 5 heteroatoms. The average molecular weight is 302 g/mol. The molecule has 0 aliphatic heterocycles. The lowest BCUT2D eigenvalue weighted by atomic mass is 9.98. The van der Waals surface area contributed by atoms with Crippen LogP contribution in [0, 0.1) is 5.82 Å². The van der Waals surface area contributed by atoms with E-state index in [1.165, 1.54) is 6.07 Å². The van der Waals surface area contributed by atoms with E-state index in [4.69, 9.17) is 0 Å². The molecular formula is C17H19FN2O2. The van der Waals surface area contributed by atoms with Crippen LogP contribution in [0.25, 0.3) is 5.69 Å². The fraction of sp³-hybridized carbons (Fsp3) is 0.353. The third-order valence-corrected chi connectivity index (χ3v) is 4.33. The maximum absolute atomic E-state index is 14.2. The first-order valence-electron chi connectivity index (χ1n) is 7.50. The predicted molar refractivity (Wildman–Crippen MR) is 81.5 cm³/mol. The fourth-order valence-corrected chi connectivity index (χ4v) is 3.04. The van der Waals surface area contributed by atoms with Gasteiger partial charge in [-0.25, -0.2) is 4.39 Å². The molecule has 0 atom stereocenters. The number of amides is 1. The molecule has 1 aromatic heterocycles. The van der Waals surface area contributed by atoms with Crippen molar-refractivity contribution in [1.82, 2.24) is 9.88 Å². The lowest BCUT2D eigenvalue weighted by Gasteiger charge is -2.28. The third-order valence-electron chi connectivity index (χ3n) is 4.33. The first-order chi connectivity index (χ1) is 10.6. The van der Waals surface area contributed by atoms with Crippen LogP contribution in [0.5, 0.6) is 0 Å². The first-order valence-corrected chi connectivity index (χ1v) is 7.50. The standard InChI is InChI=1S/C17H19FN2O2/c18-14-11-13(5-6-15(14)20-9-3-4-10-20)16(22)19-17(12-21)7-1-2-8-17/h3-6,9-11,21H,1-2,7-8,12H2,(H,19,22). The average Bonchev–Trinajstić information content (AvgIpc) is 3.19. The monoisotopic (exact) mass is 302 g/mol. The van der Waals surface area contributed by atoms with Crippen molar-refractivity contribution >= 4 is 5.91 Å². The van der Waals surface area contributed by atoms with E-state index in [-0.39, 0.29) is 18.1 Å². The number of aliphatic hydroxyl groups excluding tert-OH is 1. The Hall–Kier alpha value is -2.14. The molecule has 0 spiro atoms. The topological polar surface area (TPSA) is 54.3 Å². The van der Waals surface area contributed by atoms with Gasteiger partial charge in [0.1, 0.15) is 5.82 Å². The van der Waals surface area contributed by atoms with Crippen LogP contribution in [0.2, 0.25) is 0 Å². The van der Waals surface area contributed by atoms with Crippen LogP contribution in [0.15, 0.2) is 42.7 Å². The molecule has 0 saturated heterocycles. The van der Waals surface area contributed by atoms with Gasteiger partial charge in [-0.15, -0.1) is 0 Å². The highest BCUT2D eigenvalue weighted by molar-refractivity contribution is 5.95. The number of nitrogens with one attached hydrogen (secondary N) is 1. The Morgan fingerprint density at radius 3 is 2.55 bits per heavy atom. The lowest BCUT2D eigenvalue weighted by Crippen LogP contribution is -2.49. The highest BCUT2D eigenvalue weighted by atomic mass is 19.1.